The van der Waals surface area contributed by atoms with Crippen LogP contribution in [0.25, 0.3) is 0 Å². The minimum absolute atomic E-state index is 0.161. The van der Waals surface area contributed by atoms with E-state index in [1.165, 1.54) is 30.6 Å². The summed E-state index contributed by atoms with van der Waals surface area (Å²) in [6.07, 6.45) is -3.64. The topological polar surface area (TPSA) is 50.4 Å². The van der Waals surface area contributed by atoms with Gasteiger partial charge in [-0.3, -0.25) is 0 Å². The van der Waals surface area contributed by atoms with E-state index in [2.05, 4.69) is 10.6 Å². The smallest absolute Gasteiger partial charge is 0.416 e. The first-order valence-corrected chi connectivity index (χ1v) is 8.43. The number of aryl methyl sites for hydroxylation is 1. The number of rotatable bonds is 4. The molecule has 2 N–H and O–H groups in total. The van der Waals surface area contributed by atoms with E-state index >= 15 is 0 Å². The summed E-state index contributed by atoms with van der Waals surface area (Å²) in [5.74, 6) is -0.490. The molecule has 0 bridgehead atoms. The Hall–Kier alpha value is -2.13. The van der Waals surface area contributed by atoms with Crippen LogP contribution in [0.2, 0.25) is 0 Å². The van der Waals surface area contributed by atoms with Crippen LogP contribution < -0.4 is 10.6 Å². The highest BCUT2D eigenvalue weighted by Crippen LogP contribution is 2.31. The first-order chi connectivity index (χ1) is 11.7. The summed E-state index contributed by atoms with van der Waals surface area (Å²) in [5, 5.41) is 6.36. The Morgan fingerprint density at radius 3 is 2.40 bits per heavy atom. The van der Waals surface area contributed by atoms with Crippen molar-refractivity contribution in [2.24, 2.45) is 0 Å². The molecule has 0 aliphatic heterocycles. The molecule has 1 heterocycles. The molecular weight excluding hydrogens is 373 g/mol. The van der Waals surface area contributed by atoms with Crippen molar-refractivity contribution in [3.8, 4) is 0 Å². The molecule has 0 amide bonds. The molecule has 0 spiro atoms. The summed E-state index contributed by atoms with van der Waals surface area (Å²) in [5.41, 5.74) is 0.0223. The summed E-state index contributed by atoms with van der Waals surface area (Å²) < 4.78 is 42.4. The molecule has 2 rings (SSSR count). The number of hydrogen-bond acceptors (Lipinski definition) is 4. The molecule has 9 heteroatoms. The number of carbonyl (C=O) groups is 1. The predicted molar refractivity (Wildman–Crippen MR) is 96.3 cm³/mol. The van der Waals surface area contributed by atoms with Gasteiger partial charge in [-0.25, -0.2) is 4.79 Å². The van der Waals surface area contributed by atoms with Gasteiger partial charge in [-0.1, -0.05) is 6.92 Å². The Morgan fingerprint density at radius 1 is 1.24 bits per heavy atom. The number of methoxy groups -OCH3 is 1. The number of nitrogens with one attached hydrogen (secondary N) is 2. The lowest BCUT2D eigenvalue weighted by Crippen LogP contribution is -2.20. The van der Waals surface area contributed by atoms with E-state index in [9.17, 15) is 18.0 Å². The number of alkyl halides is 3. The molecular formula is C16H15F3N2O2S2. The average molecular weight is 388 g/mol. The second kappa shape index (κ2) is 7.83. The van der Waals surface area contributed by atoms with Gasteiger partial charge < -0.3 is 15.4 Å². The number of carbonyl (C=O) groups excluding carboxylic acids is 1. The van der Waals surface area contributed by atoms with Gasteiger partial charge in [0.05, 0.1) is 18.2 Å². The molecule has 4 nitrogen and oxygen atoms in total. The zero-order valence-corrected chi connectivity index (χ0v) is 15.0. The summed E-state index contributed by atoms with van der Waals surface area (Å²) >= 11 is 6.52. The van der Waals surface area contributed by atoms with E-state index in [0.29, 0.717) is 16.3 Å². The maximum atomic E-state index is 12.6. The van der Waals surface area contributed by atoms with Crippen molar-refractivity contribution in [2.45, 2.75) is 19.5 Å². The SMILES string of the molecule is CCc1cc(C(=O)OC)c(NC(=S)Nc2ccc(C(F)(F)F)cc2)s1. The fraction of sp³-hybridized carbons (Fsp3) is 0.250. The van der Waals surface area contributed by atoms with Crippen LogP contribution in [0, 0.1) is 0 Å². The molecule has 0 saturated heterocycles. The molecule has 0 aliphatic rings. The highest BCUT2D eigenvalue weighted by Gasteiger charge is 2.30. The summed E-state index contributed by atoms with van der Waals surface area (Å²) in [7, 11) is 1.29. The van der Waals surface area contributed by atoms with Crippen LogP contribution >= 0.6 is 23.6 Å². The average Bonchev–Trinajstić information content (AvgIpc) is 2.96. The minimum Gasteiger partial charge on any atom is -0.465 e. The van der Waals surface area contributed by atoms with Gasteiger partial charge in [-0.05, 0) is 49.0 Å². The number of anilines is 2. The zero-order chi connectivity index (χ0) is 18.6. The van der Waals surface area contributed by atoms with Gasteiger partial charge in [0.1, 0.15) is 5.00 Å². The van der Waals surface area contributed by atoms with E-state index in [-0.39, 0.29) is 5.11 Å². The normalized spacial score (nSPS) is 11.1. The van der Waals surface area contributed by atoms with Gasteiger partial charge >= 0.3 is 12.1 Å². The zero-order valence-electron chi connectivity index (χ0n) is 13.4. The second-order valence-electron chi connectivity index (χ2n) is 4.95. The third kappa shape index (κ3) is 4.93. The number of hydrogen-bond donors (Lipinski definition) is 2. The fourth-order valence-electron chi connectivity index (χ4n) is 1.98. The summed E-state index contributed by atoms with van der Waals surface area (Å²) in [4.78, 5) is 12.8. The van der Waals surface area contributed by atoms with Gasteiger partial charge in [0.2, 0.25) is 0 Å². The minimum atomic E-state index is -4.39. The highest BCUT2D eigenvalue weighted by molar-refractivity contribution is 7.80. The van der Waals surface area contributed by atoms with Gasteiger partial charge in [0.25, 0.3) is 0 Å². The molecule has 0 atom stereocenters. The number of ether oxygens (including phenoxy) is 1. The van der Waals surface area contributed by atoms with Gasteiger partial charge in [-0.15, -0.1) is 11.3 Å². The Kier molecular flexibility index (Phi) is 6.02. The molecule has 134 valence electrons. The standard InChI is InChI=1S/C16H15F3N2O2S2/c1-3-11-8-12(14(22)23-2)13(25-11)21-15(24)20-10-6-4-9(5-7-10)16(17,18)19/h4-8H,3H2,1-2H3,(H2,20,21,24). The lowest BCUT2D eigenvalue weighted by Gasteiger charge is -2.11. The highest BCUT2D eigenvalue weighted by atomic mass is 32.1. The van der Waals surface area contributed by atoms with Crippen LogP contribution in [0.15, 0.2) is 30.3 Å². The molecule has 0 radical (unpaired) electrons. The van der Waals surface area contributed by atoms with Crippen molar-refractivity contribution >= 4 is 45.3 Å². The molecule has 2 aromatic rings. The fourth-order valence-corrected chi connectivity index (χ4v) is 3.25. The molecule has 0 aliphatic carbocycles. The Balaban J connectivity index is 2.10. The lowest BCUT2D eigenvalue weighted by molar-refractivity contribution is -0.137. The van der Waals surface area contributed by atoms with Crippen molar-refractivity contribution in [1.82, 2.24) is 0 Å². The van der Waals surface area contributed by atoms with Crippen LogP contribution in [0.5, 0.6) is 0 Å². The first kappa shape index (κ1) is 19.2. The maximum Gasteiger partial charge on any atom is 0.416 e. The molecule has 1 aromatic carbocycles. The van der Waals surface area contributed by atoms with Crippen molar-refractivity contribution < 1.29 is 22.7 Å². The van der Waals surface area contributed by atoms with E-state index in [4.69, 9.17) is 17.0 Å². The number of benzene rings is 1. The number of thiophene rings is 1. The molecule has 1 aromatic heterocycles. The quantitative estimate of drug-likeness (QED) is 0.575. The van der Waals surface area contributed by atoms with Gasteiger partial charge in [0.15, 0.2) is 5.11 Å². The first-order valence-electron chi connectivity index (χ1n) is 7.21. The molecule has 0 saturated carbocycles. The van der Waals surface area contributed by atoms with E-state index in [1.807, 2.05) is 6.92 Å². The van der Waals surface area contributed by atoms with Crippen molar-refractivity contribution in [3.05, 3.63) is 46.3 Å². The van der Waals surface area contributed by atoms with Crippen LogP contribution in [0.1, 0.15) is 27.7 Å². The van der Waals surface area contributed by atoms with Crippen molar-refractivity contribution in [3.63, 3.8) is 0 Å². The van der Waals surface area contributed by atoms with Gasteiger partial charge in [0, 0.05) is 10.6 Å². The number of thiocarbonyl (C=S) groups is 1. The third-order valence-corrected chi connectivity index (χ3v) is 4.63. The van der Waals surface area contributed by atoms with Crippen LogP contribution in [-0.2, 0) is 17.3 Å². The summed E-state index contributed by atoms with van der Waals surface area (Å²) in [6.45, 7) is 1.95. The number of halogens is 3. The van der Waals surface area contributed by atoms with E-state index < -0.39 is 17.7 Å². The largest absolute Gasteiger partial charge is 0.465 e. The van der Waals surface area contributed by atoms with Crippen LogP contribution in [-0.4, -0.2) is 18.2 Å². The van der Waals surface area contributed by atoms with E-state index in [0.717, 1.165) is 23.4 Å². The maximum absolute atomic E-state index is 12.6. The van der Waals surface area contributed by atoms with Crippen LogP contribution in [0.4, 0.5) is 23.9 Å². The lowest BCUT2D eigenvalue weighted by atomic mass is 10.2. The summed E-state index contributed by atoms with van der Waals surface area (Å²) in [6, 6.07) is 6.21. The Labute approximate surface area is 152 Å². The Bertz CT molecular complexity index is 771. The molecule has 25 heavy (non-hydrogen) atoms. The second-order valence-corrected chi connectivity index (χ2v) is 6.50. The number of esters is 1. The molecule has 0 fully saturated rings. The van der Waals surface area contributed by atoms with Gasteiger partial charge in [-0.2, -0.15) is 13.2 Å². The predicted octanol–water partition coefficient (Wildman–Crippen LogP) is 4.92. The Morgan fingerprint density at radius 2 is 1.88 bits per heavy atom. The van der Waals surface area contributed by atoms with E-state index in [1.54, 1.807) is 6.07 Å². The van der Waals surface area contributed by atoms with Crippen LogP contribution in [0.3, 0.4) is 0 Å². The monoisotopic (exact) mass is 388 g/mol. The third-order valence-electron chi connectivity index (χ3n) is 3.23. The molecule has 0 unspecified atom stereocenters. The van der Waals surface area contributed by atoms with Crippen molar-refractivity contribution in [2.75, 3.05) is 17.7 Å². The van der Waals surface area contributed by atoms with Crippen molar-refractivity contribution in [1.29, 1.82) is 0 Å².